The molecule has 2 rings (SSSR count). The minimum Gasteiger partial charge on any atom is -0.368 e. The van der Waals surface area contributed by atoms with Crippen molar-refractivity contribution in [3.63, 3.8) is 0 Å². The lowest BCUT2D eigenvalue weighted by Crippen LogP contribution is -2.35. The quantitative estimate of drug-likeness (QED) is 0.800. The van der Waals surface area contributed by atoms with Crippen LogP contribution < -0.4 is 16.0 Å². The minimum absolute atomic E-state index is 0.00940. The van der Waals surface area contributed by atoms with Crippen LogP contribution in [0.5, 0.6) is 0 Å². The van der Waals surface area contributed by atoms with Gasteiger partial charge >= 0.3 is 0 Å². The van der Waals surface area contributed by atoms with E-state index in [1.54, 1.807) is 29.2 Å². The second-order valence-corrected chi connectivity index (χ2v) is 4.32. The summed E-state index contributed by atoms with van der Waals surface area (Å²) in [6.45, 7) is 0.389. The van der Waals surface area contributed by atoms with Gasteiger partial charge in [-0.2, -0.15) is 0 Å². The Bertz CT molecular complexity index is 528. The monoisotopic (exact) mass is 261 g/mol. The molecule has 0 spiro atoms. The Morgan fingerprint density at radius 2 is 2.05 bits per heavy atom. The molecular formula is C13H15N3O3. The molecular weight excluding hydrogens is 246 g/mol. The maximum Gasteiger partial charge on any atom is 0.253 e. The van der Waals surface area contributed by atoms with Crippen LogP contribution in [-0.2, 0) is 9.59 Å². The fourth-order valence-electron chi connectivity index (χ4n) is 2.07. The zero-order chi connectivity index (χ0) is 13.8. The number of nitrogens with zero attached hydrogens (tertiary/aromatic N) is 1. The van der Waals surface area contributed by atoms with Gasteiger partial charge in [0.2, 0.25) is 11.8 Å². The van der Waals surface area contributed by atoms with Crippen molar-refractivity contribution in [1.82, 2.24) is 5.32 Å². The average molecular weight is 261 g/mol. The maximum atomic E-state index is 12.0. The number of anilines is 1. The van der Waals surface area contributed by atoms with E-state index in [0.29, 0.717) is 24.2 Å². The number of para-hydroxylation sites is 1. The van der Waals surface area contributed by atoms with Crippen molar-refractivity contribution >= 4 is 23.4 Å². The smallest absolute Gasteiger partial charge is 0.253 e. The summed E-state index contributed by atoms with van der Waals surface area (Å²) in [6.07, 6.45) is 1.29. The van der Waals surface area contributed by atoms with E-state index in [1.807, 2.05) is 0 Å². The van der Waals surface area contributed by atoms with Crippen LogP contribution in [-0.4, -0.2) is 30.8 Å². The Labute approximate surface area is 110 Å². The predicted molar refractivity (Wildman–Crippen MR) is 69.6 cm³/mol. The van der Waals surface area contributed by atoms with Gasteiger partial charge in [-0.15, -0.1) is 0 Å². The molecule has 1 fully saturated rings. The summed E-state index contributed by atoms with van der Waals surface area (Å²) in [4.78, 5) is 36.0. The Morgan fingerprint density at radius 1 is 1.32 bits per heavy atom. The Morgan fingerprint density at radius 3 is 2.68 bits per heavy atom. The number of nitrogens with one attached hydrogen (secondary N) is 1. The van der Waals surface area contributed by atoms with Crippen LogP contribution in [0.15, 0.2) is 24.3 Å². The number of benzene rings is 1. The number of hydrogen-bond donors (Lipinski definition) is 2. The molecule has 0 aliphatic carbocycles. The number of carbonyl (C=O) groups excluding carboxylic acids is 3. The van der Waals surface area contributed by atoms with Gasteiger partial charge in [-0.1, -0.05) is 12.1 Å². The SMILES string of the molecule is NC(=O)CNC(=O)c1ccccc1N1CCCC1=O. The Hall–Kier alpha value is -2.37. The number of rotatable bonds is 4. The molecule has 0 bridgehead atoms. The van der Waals surface area contributed by atoms with E-state index in [2.05, 4.69) is 5.32 Å². The average Bonchev–Trinajstić information content (AvgIpc) is 2.82. The zero-order valence-corrected chi connectivity index (χ0v) is 10.4. The van der Waals surface area contributed by atoms with Gasteiger partial charge < -0.3 is 16.0 Å². The molecule has 0 unspecified atom stereocenters. The molecule has 1 aromatic rings. The topological polar surface area (TPSA) is 92.5 Å². The molecule has 100 valence electrons. The summed E-state index contributed by atoms with van der Waals surface area (Å²) in [6, 6.07) is 6.83. The van der Waals surface area contributed by atoms with Crippen molar-refractivity contribution in [1.29, 1.82) is 0 Å². The molecule has 0 aromatic heterocycles. The summed E-state index contributed by atoms with van der Waals surface area (Å²) < 4.78 is 0. The van der Waals surface area contributed by atoms with Gasteiger partial charge in [0.25, 0.3) is 5.91 Å². The number of carbonyl (C=O) groups is 3. The van der Waals surface area contributed by atoms with Gasteiger partial charge in [-0.05, 0) is 18.6 Å². The third kappa shape index (κ3) is 2.90. The van der Waals surface area contributed by atoms with Crippen LogP contribution in [0.3, 0.4) is 0 Å². The standard InChI is InChI=1S/C13H15N3O3/c14-11(17)8-15-13(19)9-4-1-2-5-10(9)16-7-3-6-12(16)18/h1-2,4-5H,3,6-8H2,(H2,14,17)(H,15,19). The van der Waals surface area contributed by atoms with Crippen molar-refractivity contribution in [2.45, 2.75) is 12.8 Å². The molecule has 0 atom stereocenters. The first kappa shape index (κ1) is 13.1. The van der Waals surface area contributed by atoms with Crippen LogP contribution in [0.4, 0.5) is 5.69 Å². The summed E-state index contributed by atoms with van der Waals surface area (Å²) >= 11 is 0. The highest BCUT2D eigenvalue weighted by Crippen LogP contribution is 2.25. The van der Waals surface area contributed by atoms with Gasteiger partial charge in [-0.3, -0.25) is 14.4 Å². The molecule has 3 amide bonds. The molecule has 6 heteroatoms. The lowest BCUT2D eigenvalue weighted by molar-refractivity contribution is -0.117. The van der Waals surface area contributed by atoms with Crippen molar-refractivity contribution in [2.75, 3.05) is 18.0 Å². The number of hydrogen-bond acceptors (Lipinski definition) is 3. The highest BCUT2D eigenvalue weighted by atomic mass is 16.2. The number of amides is 3. The summed E-state index contributed by atoms with van der Waals surface area (Å²) in [5, 5.41) is 2.43. The van der Waals surface area contributed by atoms with Gasteiger partial charge in [0.15, 0.2) is 0 Å². The highest BCUT2D eigenvalue weighted by Gasteiger charge is 2.25. The zero-order valence-electron chi connectivity index (χ0n) is 10.4. The molecule has 19 heavy (non-hydrogen) atoms. The molecule has 1 aliphatic rings. The van der Waals surface area contributed by atoms with E-state index in [4.69, 9.17) is 5.73 Å². The fraction of sp³-hybridized carbons (Fsp3) is 0.308. The van der Waals surface area contributed by atoms with Crippen molar-refractivity contribution in [3.8, 4) is 0 Å². The molecule has 0 radical (unpaired) electrons. The summed E-state index contributed by atoms with van der Waals surface area (Å²) in [7, 11) is 0. The molecule has 3 N–H and O–H groups in total. The first-order valence-electron chi connectivity index (χ1n) is 6.05. The Balaban J connectivity index is 2.23. The van der Waals surface area contributed by atoms with Gasteiger partial charge in [0.05, 0.1) is 17.8 Å². The van der Waals surface area contributed by atoms with Crippen LogP contribution in [0.1, 0.15) is 23.2 Å². The van der Waals surface area contributed by atoms with Gasteiger partial charge in [-0.25, -0.2) is 0 Å². The molecule has 1 aliphatic heterocycles. The van der Waals surface area contributed by atoms with Crippen molar-refractivity contribution in [2.24, 2.45) is 5.73 Å². The van der Waals surface area contributed by atoms with Crippen LogP contribution in [0.25, 0.3) is 0 Å². The summed E-state index contributed by atoms with van der Waals surface area (Å²) in [5.41, 5.74) is 5.93. The van der Waals surface area contributed by atoms with E-state index >= 15 is 0 Å². The molecule has 1 heterocycles. The van der Waals surface area contributed by atoms with E-state index < -0.39 is 11.8 Å². The van der Waals surface area contributed by atoms with E-state index in [9.17, 15) is 14.4 Å². The summed E-state index contributed by atoms with van der Waals surface area (Å²) in [5.74, 6) is -1.01. The highest BCUT2D eigenvalue weighted by molar-refractivity contribution is 6.06. The molecule has 0 saturated carbocycles. The maximum absolute atomic E-state index is 12.0. The lowest BCUT2D eigenvalue weighted by Gasteiger charge is -2.19. The van der Waals surface area contributed by atoms with Crippen LogP contribution in [0, 0.1) is 0 Å². The van der Waals surface area contributed by atoms with E-state index in [-0.39, 0.29) is 12.5 Å². The van der Waals surface area contributed by atoms with Gasteiger partial charge in [0, 0.05) is 13.0 Å². The normalized spacial score (nSPS) is 14.5. The predicted octanol–water partition coefficient (Wildman–Crippen LogP) is 0.0285. The van der Waals surface area contributed by atoms with Gasteiger partial charge in [0.1, 0.15) is 0 Å². The third-order valence-corrected chi connectivity index (χ3v) is 2.94. The second-order valence-electron chi connectivity index (χ2n) is 4.32. The first-order chi connectivity index (χ1) is 9.09. The molecule has 6 nitrogen and oxygen atoms in total. The van der Waals surface area contributed by atoms with E-state index in [0.717, 1.165) is 6.42 Å². The van der Waals surface area contributed by atoms with E-state index in [1.165, 1.54) is 0 Å². The first-order valence-corrected chi connectivity index (χ1v) is 6.05. The van der Waals surface area contributed by atoms with Crippen molar-refractivity contribution in [3.05, 3.63) is 29.8 Å². The Kier molecular flexibility index (Phi) is 3.79. The largest absolute Gasteiger partial charge is 0.368 e. The van der Waals surface area contributed by atoms with Crippen molar-refractivity contribution < 1.29 is 14.4 Å². The number of nitrogens with two attached hydrogens (primary N) is 1. The van der Waals surface area contributed by atoms with Crippen LogP contribution >= 0.6 is 0 Å². The third-order valence-electron chi connectivity index (χ3n) is 2.94. The number of primary amides is 1. The lowest BCUT2D eigenvalue weighted by atomic mass is 10.1. The molecule has 1 aromatic carbocycles. The molecule has 1 saturated heterocycles. The fourth-order valence-corrected chi connectivity index (χ4v) is 2.07. The van der Waals surface area contributed by atoms with Crippen LogP contribution in [0.2, 0.25) is 0 Å². The second kappa shape index (κ2) is 5.51. The minimum atomic E-state index is -0.608.